The monoisotopic (exact) mass is 399 g/mol. The van der Waals surface area contributed by atoms with Gasteiger partial charge in [0.2, 0.25) is 5.65 Å². The molecule has 1 unspecified atom stereocenters. The van der Waals surface area contributed by atoms with Crippen molar-refractivity contribution in [2.24, 2.45) is 5.92 Å². The fraction of sp³-hybridized carbons (Fsp3) is 0.562. The average Bonchev–Trinajstić information content (AvgIpc) is 2.98. The van der Waals surface area contributed by atoms with Gasteiger partial charge in [-0.25, -0.2) is 15.0 Å². The number of imidazole rings is 1. The molecule has 150 valence electrons. The molecule has 0 aliphatic carbocycles. The molecule has 11 heteroatoms. The minimum Gasteiger partial charge on any atom is -0.410 e. The van der Waals surface area contributed by atoms with E-state index in [0.29, 0.717) is 11.2 Å². The Morgan fingerprint density at radius 2 is 1.89 bits per heavy atom. The van der Waals surface area contributed by atoms with Crippen molar-refractivity contribution >= 4 is 24.6 Å². The van der Waals surface area contributed by atoms with Crippen LogP contribution in [0.5, 0.6) is 0 Å². The molecule has 2 heterocycles. The van der Waals surface area contributed by atoms with Crippen molar-refractivity contribution in [2.75, 3.05) is 18.9 Å². The Balaban J connectivity index is 2.08. The molecule has 2 aromatic rings. The van der Waals surface area contributed by atoms with Gasteiger partial charge in [0, 0.05) is 11.7 Å². The fourth-order valence-corrected chi connectivity index (χ4v) is 4.00. The smallest absolute Gasteiger partial charge is 0.354 e. The molecule has 27 heavy (non-hydrogen) atoms. The van der Waals surface area contributed by atoms with Gasteiger partial charge in [0.15, 0.2) is 11.3 Å². The molecule has 2 aromatic heterocycles. The van der Waals surface area contributed by atoms with Crippen LogP contribution in [0.4, 0.5) is 5.82 Å². The molecule has 0 bridgehead atoms. The number of anilines is 1. The van der Waals surface area contributed by atoms with Crippen molar-refractivity contribution < 1.29 is 23.6 Å². The fourth-order valence-electron chi connectivity index (χ4n) is 2.18. The van der Waals surface area contributed by atoms with Crippen LogP contribution >= 0.6 is 7.60 Å². The third-order valence-electron chi connectivity index (χ3n) is 3.25. The summed E-state index contributed by atoms with van der Waals surface area (Å²) in [4.78, 5) is 17.7. The second kappa shape index (κ2) is 9.27. The topological polar surface area (TPSA) is 135 Å². The number of aliphatic hydroxyl groups excluding tert-OH is 1. The van der Waals surface area contributed by atoms with Crippen LogP contribution in [0.15, 0.2) is 24.5 Å². The molecule has 0 amide bonds. The second-order valence-corrected chi connectivity index (χ2v) is 8.23. The van der Waals surface area contributed by atoms with E-state index in [-0.39, 0.29) is 31.2 Å². The molecular weight excluding hydrogens is 373 g/mol. The zero-order valence-corrected chi connectivity index (χ0v) is 16.7. The SMILES string of the molecule is CC(C)OP(=O)(C=CC(CO)COn1cnc2c(N)ncnc21)OC(C)C. The predicted molar refractivity (Wildman–Crippen MR) is 101 cm³/mol. The zero-order chi connectivity index (χ0) is 20.0. The molecule has 2 rings (SSSR count). The standard InChI is InChI=1S/C16H26N5O5P/c1-11(2)25-27(23,26-12(3)4)6-5-13(7-22)8-24-21-10-20-14-15(17)18-9-19-16(14)21/h5-6,9-13,22H,7-8H2,1-4H3,(H2,17,18,19). The average molecular weight is 399 g/mol. The van der Waals surface area contributed by atoms with Crippen molar-refractivity contribution in [2.45, 2.75) is 39.9 Å². The lowest BCUT2D eigenvalue weighted by Crippen LogP contribution is -2.21. The first-order valence-corrected chi connectivity index (χ1v) is 10.2. The molecule has 0 aliphatic heterocycles. The summed E-state index contributed by atoms with van der Waals surface area (Å²) in [5.41, 5.74) is 6.58. The van der Waals surface area contributed by atoms with E-state index in [0.717, 1.165) is 0 Å². The van der Waals surface area contributed by atoms with E-state index in [9.17, 15) is 9.67 Å². The van der Waals surface area contributed by atoms with Crippen molar-refractivity contribution in [3.05, 3.63) is 24.5 Å². The summed E-state index contributed by atoms with van der Waals surface area (Å²) in [6.45, 7) is 6.96. The molecule has 0 fully saturated rings. The van der Waals surface area contributed by atoms with Gasteiger partial charge in [-0.15, -0.1) is 0 Å². The number of rotatable bonds is 10. The normalized spacial score (nSPS) is 13.9. The summed E-state index contributed by atoms with van der Waals surface area (Å²) in [6, 6.07) is 0. The number of hydrogen-bond acceptors (Lipinski definition) is 9. The molecule has 3 N–H and O–H groups in total. The van der Waals surface area contributed by atoms with Crippen molar-refractivity contribution in [3.8, 4) is 0 Å². The van der Waals surface area contributed by atoms with Crippen molar-refractivity contribution in [1.82, 2.24) is 19.7 Å². The largest absolute Gasteiger partial charge is 0.410 e. The lowest BCUT2D eigenvalue weighted by molar-refractivity contribution is 0.0788. The van der Waals surface area contributed by atoms with Crippen LogP contribution < -0.4 is 10.6 Å². The van der Waals surface area contributed by atoms with Gasteiger partial charge < -0.3 is 24.7 Å². The quantitative estimate of drug-likeness (QED) is 0.575. The Bertz CT molecular complexity index is 809. The van der Waals surface area contributed by atoms with Gasteiger partial charge in [0.25, 0.3) is 0 Å². The van der Waals surface area contributed by atoms with Gasteiger partial charge in [0.05, 0.1) is 18.8 Å². The number of nitrogens with zero attached hydrogens (tertiary/aromatic N) is 4. The maximum absolute atomic E-state index is 12.8. The highest BCUT2D eigenvalue weighted by Gasteiger charge is 2.25. The van der Waals surface area contributed by atoms with Gasteiger partial charge >= 0.3 is 7.60 Å². The first-order valence-electron chi connectivity index (χ1n) is 8.57. The summed E-state index contributed by atoms with van der Waals surface area (Å²) in [6.07, 6.45) is 3.75. The van der Waals surface area contributed by atoms with E-state index < -0.39 is 13.5 Å². The first kappa shape index (κ1) is 21.3. The molecule has 0 saturated heterocycles. The van der Waals surface area contributed by atoms with E-state index in [1.54, 1.807) is 33.8 Å². The Labute approximate surface area is 157 Å². The molecule has 0 aromatic carbocycles. The Hall–Kier alpha value is -2.00. The van der Waals surface area contributed by atoms with Crippen LogP contribution in [0, 0.1) is 5.92 Å². The van der Waals surface area contributed by atoms with E-state index in [1.807, 2.05) is 0 Å². The minimum absolute atomic E-state index is 0.0890. The van der Waals surface area contributed by atoms with Crippen LogP contribution in [-0.4, -0.2) is 50.2 Å². The maximum Gasteiger partial charge on any atom is 0.354 e. The van der Waals surface area contributed by atoms with Crippen molar-refractivity contribution in [1.29, 1.82) is 0 Å². The highest BCUT2D eigenvalue weighted by molar-refractivity contribution is 7.57. The maximum atomic E-state index is 12.8. The predicted octanol–water partition coefficient (Wildman–Crippen LogP) is 2.00. The second-order valence-electron chi connectivity index (χ2n) is 6.43. The molecule has 0 aliphatic rings. The molecule has 10 nitrogen and oxygen atoms in total. The zero-order valence-electron chi connectivity index (χ0n) is 15.8. The molecule has 1 atom stereocenters. The van der Waals surface area contributed by atoms with Crippen LogP contribution in [0.1, 0.15) is 27.7 Å². The van der Waals surface area contributed by atoms with E-state index in [4.69, 9.17) is 19.6 Å². The lowest BCUT2D eigenvalue weighted by atomic mass is 10.2. The summed E-state index contributed by atoms with van der Waals surface area (Å²) in [7, 11) is -3.43. The van der Waals surface area contributed by atoms with Gasteiger partial charge in [0.1, 0.15) is 19.3 Å². The number of hydrogen-bond donors (Lipinski definition) is 2. The van der Waals surface area contributed by atoms with E-state index in [2.05, 4.69) is 15.0 Å². The number of fused-ring (bicyclic) bond motifs is 1. The van der Waals surface area contributed by atoms with E-state index >= 15 is 0 Å². The van der Waals surface area contributed by atoms with Gasteiger partial charge in [-0.2, -0.15) is 4.73 Å². The molecule has 0 spiro atoms. The number of aliphatic hydroxyl groups is 1. The van der Waals surface area contributed by atoms with Crippen LogP contribution in [-0.2, 0) is 13.6 Å². The van der Waals surface area contributed by atoms with Gasteiger partial charge in [-0.3, -0.25) is 4.57 Å². The van der Waals surface area contributed by atoms with Gasteiger partial charge in [-0.05, 0) is 27.7 Å². The molecule has 0 saturated carbocycles. The lowest BCUT2D eigenvalue weighted by Gasteiger charge is -2.20. The number of aromatic nitrogens is 4. The molecular formula is C16H26N5O5P. The van der Waals surface area contributed by atoms with Gasteiger partial charge in [-0.1, -0.05) is 6.08 Å². The number of nitrogen functional groups attached to an aromatic ring is 1. The van der Waals surface area contributed by atoms with E-state index in [1.165, 1.54) is 23.2 Å². The Morgan fingerprint density at radius 1 is 1.22 bits per heavy atom. The van der Waals surface area contributed by atoms with Crippen molar-refractivity contribution in [3.63, 3.8) is 0 Å². The first-order chi connectivity index (χ1) is 12.7. The Kier molecular flexibility index (Phi) is 7.32. The summed E-state index contributed by atoms with van der Waals surface area (Å²) >= 11 is 0. The summed E-state index contributed by atoms with van der Waals surface area (Å²) < 4.78 is 25.0. The number of nitrogens with two attached hydrogens (primary N) is 1. The summed E-state index contributed by atoms with van der Waals surface area (Å²) in [5, 5.41) is 9.60. The highest BCUT2D eigenvalue weighted by atomic mass is 31.2. The van der Waals surface area contributed by atoms with Crippen LogP contribution in [0.3, 0.4) is 0 Å². The minimum atomic E-state index is -3.43. The van der Waals surface area contributed by atoms with Crippen LogP contribution in [0.25, 0.3) is 11.2 Å². The molecule has 0 radical (unpaired) electrons. The van der Waals surface area contributed by atoms with Crippen LogP contribution in [0.2, 0.25) is 0 Å². The third-order valence-corrected chi connectivity index (χ3v) is 5.22. The Morgan fingerprint density at radius 3 is 2.48 bits per heavy atom. The third kappa shape index (κ3) is 6.00. The summed E-state index contributed by atoms with van der Waals surface area (Å²) in [5.74, 6) is 1.17. The highest BCUT2D eigenvalue weighted by Crippen LogP contribution is 2.52.